The summed E-state index contributed by atoms with van der Waals surface area (Å²) in [6.45, 7) is 2.97. The highest BCUT2D eigenvalue weighted by atomic mass is 32.3. The zero-order chi connectivity index (χ0) is 10.2. The molecular weight excluding hydrogens is 211 g/mol. The molecule has 0 saturated heterocycles. The molecular formula is C3H9O7PS. The van der Waals surface area contributed by atoms with E-state index >= 15 is 0 Å². The van der Waals surface area contributed by atoms with Gasteiger partial charge in [-0.3, -0.25) is 9.12 Å². The van der Waals surface area contributed by atoms with Crippen molar-refractivity contribution in [3.05, 3.63) is 12.7 Å². The third kappa shape index (κ3) is 33.1. The Labute approximate surface area is 70.2 Å². The largest absolute Gasteiger partial charge is 0.397 e. The van der Waals surface area contributed by atoms with Crippen molar-refractivity contribution in [3.63, 3.8) is 0 Å². The Balaban J connectivity index is 0. The molecule has 3 N–H and O–H groups in total. The van der Waals surface area contributed by atoms with Crippen LogP contribution >= 0.6 is 8.25 Å². The molecule has 0 aromatic carbocycles. The SMILES string of the molecule is C=CCOS(=O)(=O)O.O=[PH](O)O. The first-order valence-corrected chi connectivity index (χ1v) is 5.11. The molecule has 0 aliphatic rings. The molecule has 0 spiro atoms. The van der Waals surface area contributed by atoms with Gasteiger partial charge >= 0.3 is 18.7 Å². The normalized spacial score (nSPS) is 10.3. The van der Waals surface area contributed by atoms with Crippen molar-refractivity contribution >= 4 is 18.7 Å². The van der Waals surface area contributed by atoms with Gasteiger partial charge in [0.15, 0.2) is 0 Å². The molecule has 0 aromatic heterocycles. The van der Waals surface area contributed by atoms with Gasteiger partial charge in [0.25, 0.3) is 0 Å². The smallest absolute Gasteiger partial charge is 0.326 e. The van der Waals surface area contributed by atoms with E-state index < -0.39 is 18.7 Å². The standard InChI is InChI=1S/C3H6O4S.H3O3P/c1-2-3-7-8(4,5)6;1-4(2)3/h2H,1,3H2,(H,4,5,6);4H,(H2,1,2,3). The van der Waals surface area contributed by atoms with Gasteiger partial charge in [0.05, 0.1) is 6.61 Å². The molecule has 0 radical (unpaired) electrons. The molecule has 12 heavy (non-hydrogen) atoms. The van der Waals surface area contributed by atoms with E-state index in [2.05, 4.69) is 10.8 Å². The fourth-order valence-electron chi connectivity index (χ4n) is 0.134. The summed E-state index contributed by atoms with van der Waals surface area (Å²) >= 11 is 0. The molecule has 0 bridgehead atoms. The maximum Gasteiger partial charge on any atom is 0.397 e. The number of hydrogen-bond donors (Lipinski definition) is 3. The molecule has 0 heterocycles. The van der Waals surface area contributed by atoms with Gasteiger partial charge in [0.2, 0.25) is 0 Å². The molecule has 0 fully saturated rings. The Morgan fingerprint density at radius 3 is 1.92 bits per heavy atom. The summed E-state index contributed by atoms with van der Waals surface area (Å²) in [6.07, 6.45) is 1.22. The predicted molar refractivity (Wildman–Crippen MR) is 41.1 cm³/mol. The molecule has 0 unspecified atom stereocenters. The first kappa shape index (κ1) is 14.3. The average Bonchev–Trinajstić information content (AvgIpc) is 1.80. The average molecular weight is 220 g/mol. The highest BCUT2D eigenvalue weighted by molar-refractivity contribution is 7.80. The zero-order valence-electron chi connectivity index (χ0n) is 5.87. The Bertz CT molecular complexity index is 227. The molecule has 0 atom stereocenters. The fraction of sp³-hybridized carbons (Fsp3) is 0.333. The van der Waals surface area contributed by atoms with Crippen molar-refractivity contribution in [1.29, 1.82) is 0 Å². The lowest BCUT2D eigenvalue weighted by atomic mass is 10.7. The first-order chi connectivity index (χ1) is 5.29. The summed E-state index contributed by atoms with van der Waals surface area (Å²) < 4.78 is 39.7. The van der Waals surface area contributed by atoms with Crippen molar-refractivity contribution in [2.24, 2.45) is 0 Å². The highest BCUT2D eigenvalue weighted by Gasteiger charge is 1.99. The molecule has 7 nitrogen and oxygen atoms in total. The van der Waals surface area contributed by atoms with Crippen molar-refractivity contribution in [2.75, 3.05) is 6.61 Å². The van der Waals surface area contributed by atoms with Gasteiger partial charge < -0.3 is 9.79 Å². The van der Waals surface area contributed by atoms with Gasteiger partial charge in [-0.25, -0.2) is 4.18 Å². The van der Waals surface area contributed by atoms with Crippen LogP contribution in [-0.2, 0) is 19.1 Å². The molecule has 0 aliphatic heterocycles. The van der Waals surface area contributed by atoms with Crippen molar-refractivity contribution < 1.29 is 31.5 Å². The molecule has 0 aromatic rings. The zero-order valence-corrected chi connectivity index (χ0v) is 7.69. The van der Waals surface area contributed by atoms with E-state index in [1.165, 1.54) is 6.08 Å². The Hall–Kier alpha value is -0.240. The van der Waals surface area contributed by atoms with Gasteiger partial charge in [-0.15, -0.1) is 6.58 Å². The fourth-order valence-corrected chi connectivity index (χ4v) is 0.402. The third-order valence-corrected chi connectivity index (χ3v) is 0.769. The van der Waals surface area contributed by atoms with Crippen LogP contribution in [0.4, 0.5) is 0 Å². The summed E-state index contributed by atoms with van der Waals surface area (Å²) in [5.41, 5.74) is 0. The van der Waals surface area contributed by atoms with Crippen LogP contribution in [-0.4, -0.2) is 29.4 Å². The van der Waals surface area contributed by atoms with Crippen LogP contribution in [0.3, 0.4) is 0 Å². The molecule has 0 amide bonds. The van der Waals surface area contributed by atoms with E-state index in [1.807, 2.05) is 0 Å². The summed E-state index contributed by atoms with van der Waals surface area (Å²) in [5.74, 6) is 0. The van der Waals surface area contributed by atoms with Gasteiger partial charge in [-0.05, 0) is 0 Å². The number of rotatable bonds is 3. The van der Waals surface area contributed by atoms with Gasteiger partial charge in [-0.2, -0.15) is 8.42 Å². The second-order valence-corrected chi connectivity index (χ2v) is 2.94. The van der Waals surface area contributed by atoms with E-state index in [9.17, 15) is 8.42 Å². The maximum atomic E-state index is 9.68. The Morgan fingerprint density at radius 1 is 1.50 bits per heavy atom. The van der Waals surface area contributed by atoms with Gasteiger partial charge in [0, 0.05) is 0 Å². The summed E-state index contributed by atoms with van der Waals surface area (Å²) in [5, 5.41) is 0. The van der Waals surface area contributed by atoms with E-state index in [0.29, 0.717) is 0 Å². The number of hydrogen-bond acceptors (Lipinski definition) is 4. The van der Waals surface area contributed by atoms with Crippen LogP contribution in [0.25, 0.3) is 0 Å². The summed E-state index contributed by atoms with van der Waals surface area (Å²) in [7, 11) is -7.39. The van der Waals surface area contributed by atoms with Crippen LogP contribution in [0.5, 0.6) is 0 Å². The summed E-state index contributed by atoms with van der Waals surface area (Å²) in [6, 6.07) is 0. The molecule has 0 saturated carbocycles. The van der Waals surface area contributed by atoms with Crippen LogP contribution in [0, 0.1) is 0 Å². The van der Waals surface area contributed by atoms with Crippen LogP contribution < -0.4 is 0 Å². The second kappa shape index (κ2) is 7.41. The molecule has 9 heteroatoms. The summed E-state index contributed by atoms with van der Waals surface area (Å²) in [4.78, 5) is 14.3. The van der Waals surface area contributed by atoms with E-state index in [0.717, 1.165) is 0 Å². The van der Waals surface area contributed by atoms with Crippen LogP contribution in [0.15, 0.2) is 12.7 Å². The van der Waals surface area contributed by atoms with E-state index in [1.54, 1.807) is 0 Å². The monoisotopic (exact) mass is 220 g/mol. The lowest BCUT2D eigenvalue weighted by Gasteiger charge is -1.90. The van der Waals surface area contributed by atoms with Crippen molar-refractivity contribution in [3.8, 4) is 0 Å². The minimum absolute atomic E-state index is 0.196. The Morgan fingerprint density at radius 2 is 1.83 bits per heavy atom. The lowest BCUT2D eigenvalue weighted by molar-refractivity contribution is 0.296. The third-order valence-electron chi connectivity index (χ3n) is 0.335. The van der Waals surface area contributed by atoms with Crippen LogP contribution in [0.2, 0.25) is 0 Å². The van der Waals surface area contributed by atoms with E-state index in [-0.39, 0.29) is 6.61 Å². The maximum absolute atomic E-state index is 9.68. The van der Waals surface area contributed by atoms with Gasteiger partial charge in [-0.1, -0.05) is 6.08 Å². The van der Waals surface area contributed by atoms with Crippen molar-refractivity contribution in [1.82, 2.24) is 0 Å². The minimum Gasteiger partial charge on any atom is -0.326 e. The lowest BCUT2D eigenvalue weighted by Crippen LogP contribution is -2.02. The quantitative estimate of drug-likeness (QED) is 0.328. The Kier molecular flexibility index (Phi) is 8.83. The topological polar surface area (TPSA) is 121 Å². The predicted octanol–water partition coefficient (Wildman–Crippen LogP) is -0.647. The molecule has 74 valence electrons. The van der Waals surface area contributed by atoms with E-state index in [4.69, 9.17) is 18.9 Å². The minimum atomic E-state index is -4.26. The molecule has 0 aliphatic carbocycles. The first-order valence-electron chi connectivity index (χ1n) is 2.44. The van der Waals surface area contributed by atoms with Crippen molar-refractivity contribution in [2.45, 2.75) is 0 Å². The van der Waals surface area contributed by atoms with Gasteiger partial charge in [0.1, 0.15) is 0 Å². The molecule has 0 rings (SSSR count). The van der Waals surface area contributed by atoms with Crippen LogP contribution in [0.1, 0.15) is 0 Å². The highest BCUT2D eigenvalue weighted by Crippen LogP contribution is 1.98. The second-order valence-electron chi connectivity index (χ2n) is 1.28.